The van der Waals surface area contributed by atoms with Crippen LogP contribution in [-0.2, 0) is 9.59 Å². The van der Waals surface area contributed by atoms with E-state index in [1.165, 1.54) is 0 Å². The monoisotopic (exact) mass is 185 g/mol. The molecule has 13 heavy (non-hydrogen) atoms. The molecular formula is C7H11N3O3. The van der Waals surface area contributed by atoms with Gasteiger partial charge >= 0.3 is 6.03 Å². The number of carbonyl (C=O) groups is 3. The third-order valence-corrected chi connectivity index (χ3v) is 1.88. The van der Waals surface area contributed by atoms with Gasteiger partial charge in [-0.15, -0.1) is 0 Å². The second-order valence-electron chi connectivity index (χ2n) is 2.90. The van der Waals surface area contributed by atoms with Gasteiger partial charge in [0.25, 0.3) is 0 Å². The van der Waals surface area contributed by atoms with E-state index in [-0.39, 0.29) is 18.9 Å². The molecule has 1 saturated heterocycles. The zero-order valence-corrected chi connectivity index (χ0v) is 7.00. The highest BCUT2D eigenvalue weighted by Crippen LogP contribution is 2.06. The first-order valence-corrected chi connectivity index (χ1v) is 3.96. The maximum atomic E-state index is 10.9. The van der Waals surface area contributed by atoms with Crippen LogP contribution in [0.3, 0.4) is 0 Å². The first-order valence-electron chi connectivity index (χ1n) is 3.96. The molecule has 1 aliphatic rings. The van der Waals surface area contributed by atoms with Gasteiger partial charge in [-0.3, -0.25) is 14.9 Å². The van der Waals surface area contributed by atoms with Gasteiger partial charge in [0.15, 0.2) is 0 Å². The number of rotatable bonds is 1. The standard InChI is InChI=1S/C7H11N3O3/c8-6(12)4-1-2-5(11)10-7(13)9-3-4/h4H,1-3H2,(H2,8,12)(H2,9,10,11,13)/t4-/m0/s1. The van der Waals surface area contributed by atoms with E-state index < -0.39 is 17.9 Å². The van der Waals surface area contributed by atoms with Crippen LogP contribution in [0.4, 0.5) is 4.79 Å². The average Bonchev–Trinajstić information content (AvgIpc) is 2.00. The summed E-state index contributed by atoms with van der Waals surface area (Å²) in [5, 5.41) is 4.47. The molecule has 0 bridgehead atoms. The Kier molecular flexibility index (Phi) is 2.84. The number of hydrogen-bond acceptors (Lipinski definition) is 3. The molecule has 0 aliphatic carbocycles. The summed E-state index contributed by atoms with van der Waals surface area (Å²) in [6.45, 7) is 0.189. The highest BCUT2D eigenvalue weighted by molar-refractivity contribution is 5.95. The van der Waals surface area contributed by atoms with E-state index in [4.69, 9.17) is 5.73 Å². The van der Waals surface area contributed by atoms with Gasteiger partial charge in [-0.25, -0.2) is 4.79 Å². The first-order chi connectivity index (χ1) is 6.09. The van der Waals surface area contributed by atoms with Crippen molar-refractivity contribution in [3.63, 3.8) is 0 Å². The number of amides is 4. The van der Waals surface area contributed by atoms with Gasteiger partial charge in [0.05, 0.1) is 5.92 Å². The molecule has 6 heteroatoms. The molecule has 1 rings (SSSR count). The Morgan fingerprint density at radius 2 is 2.15 bits per heavy atom. The fourth-order valence-electron chi connectivity index (χ4n) is 1.10. The molecule has 1 aliphatic heterocycles. The van der Waals surface area contributed by atoms with Crippen molar-refractivity contribution in [2.75, 3.05) is 6.54 Å². The zero-order valence-electron chi connectivity index (χ0n) is 7.00. The number of imide groups is 1. The fourth-order valence-corrected chi connectivity index (χ4v) is 1.10. The molecule has 4 N–H and O–H groups in total. The van der Waals surface area contributed by atoms with Crippen LogP contribution in [0.1, 0.15) is 12.8 Å². The maximum Gasteiger partial charge on any atom is 0.321 e. The lowest BCUT2D eigenvalue weighted by molar-refractivity contribution is -0.123. The zero-order chi connectivity index (χ0) is 9.84. The van der Waals surface area contributed by atoms with E-state index in [1.807, 2.05) is 0 Å². The molecule has 0 spiro atoms. The van der Waals surface area contributed by atoms with Crippen LogP contribution in [0.15, 0.2) is 0 Å². The van der Waals surface area contributed by atoms with Gasteiger partial charge in [-0.1, -0.05) is 0 Å². The van der Waals surface area contributed by atoms with Crippen molar-refractivity contribution >= 4 is 17.8 Å². The first kappa shape index (κ1) is 9.50. The number of primary amides is 1. The lowest BCUT2D eigenvalue weighted by Crippen LogP contribution is -2.46. The minimum absolute atomic E-state index is 0.154. The largest absolute Gasteiger partial charge is 0.369 e. The minimum Gasteiger partial charge on any atom is -0.369 e. The summed E-state index contributed by atoms with van der Waals surface area (Å²) >= 11 is 0. The number of nitrogens with one attached hydrogen (secondary N) is 2. The summed E-state index contributed by atoms with van der Waals surface area (Å²) in [7, 11) is 0. The second kappa shape index (κ2) is 3.88. The normalized spacial score (nSPS) is 23.8. The van der Waals surface area contributed by atoms with Crippen LogP contribution in [-0.4, -0.2) is 24.4 Å². The summed E-state index contributed by atoms with van der Waals surface area (Å²) in [4.78, 5) is 32.5. The lowest BCUT2D eigenvalue weighted by Gasteiger charge is -2.17. The van der Waals surface area contributed by atoms with Gasteiger partial charge in [-0.2, -0.15) is 0 Å². The third kappa shape index (κ3) is 2.73. The Morgan fingerprint density at radius 3 is 2.77 bits per heavy atom. The molecule has 6 nitrogen and oxygen atoms in total. The molecule has 0 aromatic carbocycles. The predicted octanol–water partition coefficient (Wildman–Crippen LogP) is -1.29. The minimum atomic E-state index is -0.573. The van der Waals surface area contributed by atoms with E-state index in [0.29, 0.717) is 6.42 Å². The van der Waals surface area contributed by atoms with Crippen LogP contribution in [0, 0.1) is 5.92 Å². The van der Waals surface area contributed by atoms with Gasteiger partial charge in [-0.05, 0) is 6.42 Å². The summed E-state index contributed by atoms with van der Waals surface area (Å²) in [6.07, 6.45) is 0.530. The molecule has 1 heterocycles. The van der Waals surface area contributed by atoms with E-state index in [2.05, 4.69) is 10.6 Å². The van der Waals surface area contributed by atoms with Gasteiger partial charge in [0.1, 0.15) is 0 Å². The van der Waals surface area contributed by atoms with Crippen LogP contribution >= 0.6 is 0 Å². The molecule has 0 saturated carbocycles. The molecule has 0 radical (unpaired) electrons. The molecule has 1 fully saturated rings. The number of carbonyl (C=O) groups excluding carboxylic acids is 3. The summed E-state index contributed by atoms with van der Waals surface area (Å²) in [5.41, 5.74) is 5.06. The summed E-state index contributed by atoms with van der Waals surface area (Å²) < 4.78 is 0. The fraction of sp³-hybridized carbons (Fsp3) is 0.571. The second-order valence-corrected chi connectivity index (χ2v) is 2.90. The van der Waals surface area contributed by atoms with Crippen LogP contribution < -0.4 is 16.4 Å². The molecular weight excluding hydrogens is 174 g/mol. The van der Waals surface area contributed by atoms with E-state index >= 15 is 0 Å². The van der Waals surface area contributed by atoms with Crippen molar-refractivity contribution in [2.45, 2.75) is 12.8 Å². The number of nitrogens with two attached hydrogens (primary N) is 1. The van der Waals surface area contributed by atoms with Crippen molar-refractivity contribution in [3.05, 3.63) is 0 Å². The van der Waals surface area contributed by atoms with Crippen molar-refractivity contribution in [1.29, 1.82) is 0 Å². The molecule has 72 valence electrons. The predicted molar refractivity (Wildman–Crippen MR) is 43.5 cm³/mol. The Labute approximate surface area is 74.8 Å². The third-order valence-electron chi connectivity index (χ3n) is 1.88. The van der Waals surface area contributed by atoms with Gasteiger partial charge in [0.2, 0.25) is 11.8 Å². The Bertz CT molecular complexity index is 233. The van der Waals surface area contributed by atoms with Crippen molar-refractivity contribution in [1.82, 2.24) is 10.6 Å². The Morgan fingerprint density at radius 1 is 1.46 bits per heavy atom. The maximum absolute atomic E-state index is 10.9. The number of urea groups is 1. The topological polar surface area (TPSA) is 101 Å². The SMILES string of the molecule is NC(=O)[C@H]1CCC(=O)NC(=O)NC1. The molecule has 0 aromatic rings. The lowest BCUT2D eigenvalue weighted by atomic mass is 10.0. The average molecular weight is 185 g/mol. The van der Waals surface area contributed by atoms with E-state index in [9.17, 15) is 14.4 Å². The van der Waals surface area contributed by atoms with Crippen molar-refractivity contribution < 1.29 is 14.4 Å². The molecule has 0 aromatic heterocycles. The van der Waals surface area contributed by atoms with Crippen LogP contribution in [0.25, 0.3) is 0 Å². The highest BCUT2D eigenvalue weighted by Gasteiger charge is 2.21. The Balaban J connectivity index is 2.58. The smallest absolute Gasteiger partial charge is 0.321 e. The Hall–Kier alpha value is -1.59. The van der Waals surface area contributed by atoms with Crippen LogP contribution in [0.2, 0.25) is 0 Å². The molecule has 1 atom stereocenters. The summed E-state index contributed by atoms with van der Waals surface area (Å²) in [5.74, 6) is -1.33. The number of hydrogen-bond donors (Lipinski definition) is 3. The quantitative estimate of drug-likeness (QED) is 0.473. The highest BCUT2D eigenvalue weighted by atomic mass is 16.2. The molecule has 0 unspecified atom stereocenters. The van der Waals surface area contributed by atoms with Crippen molar-refractivity contribution in [2.24, 2.45) is 11.7 Å². The van der Waals surface area contributed by atoms with Crippen molar-refractivity contribution in [3.8, 4) is 0 Å². The summed E-state index contributed by atoms with van der Waals surface area (Å²) in [6, 6.07) is -0.573. The van der Waals surface area contributed by atoms with E-state index in [1.54, 1.807) is 0 Å². The molecule has 4 amide bonds. The van der Waals surface area contributed by atoms with Crippen LogP contribution in [0.5, 0.6) is 0 Å². The van der Waals surface area contributed by atoms with Gasteiger partial charge < -0.3 is 11.1 Å². The van der Waals surface area contributed by atoms with E-state index in [0.717, 1.165) is 0 Å². The van der Waals surface area contributed by atoms with Gasteiger partial charge in [0, 0.05) is 13.0 Å².